The number of rotatable bonds is 6. The highest BCUT2D eigenvalue weighted by molar-refractivity contribution is 5.91. The first-order valence-corrected chi connectivity index (χ1v) is 6.98. The van der Waals surface area contributed by atoms with Crippen molar-refractivity contribution in [2.45, 2.75) is 13.2 Å². The normalized spacial score (nSPS) is 10.7. The summed E-state index contributed by atoms with van der Waals surface area (Å²) in [6, 6.07) is 13.3. The summed E-state index contributed by atoms with van der Waals surface area (Å²) in [4.78, 5) is 22.0. The Hall–Kier alpha value is -2.99. The molecule has 0 aromatic heterocycles. The van der Waals surface area contributed by atoms with Crippen LogP contribution in [0.4, 0.5) is 5.69 Å². The third-order valence-electron chi connectivity index (χ3n) is 3.25. The second-order valence-electron chi connectivity index (χ2n) is 4.83. The SMILES string of the molecule is O=C(/C=C/c1cccc([N+](=O)[O-])c1)NCc1ccccc1CO. The Morgan fingerprint density at radius 3 is 2.61 bits per heavy atom. The summed E-state index contributed by atoms with van der Waals surface area (Å²) in [5, 5.41) is 22.6. The van der Waals surface area contributed by atoms with Crippen molar-refractivity contribution in [3.8, 4) is 0 Å². The molecular weight excluding hydrogens is 296 g/mol. The number of aliphatic hydroxyl groups is 1. The molecule has 0 heterocycles. The molecule has 0 aliphatic rings. The maximum atomic E-state index is 11.8. The summed E-state index contributed by atoms with van der Waals surface area (Å²) >= 11 is 0. The van der Waals surface area contributed by atoms with Gasteiger partial charge in [0.05, 0.1) is 11.5 Å². The number of nitro benzene ring substituents is 1. The van der Waals surface area contributed by atoms with Crippen molar-refractivity contribution in [3.05, 3.63) is 81.4 Å². The molecular formula is C17H16N2O4. The molecule has 0 aliphatic heterocycles. The molecule has 0 saturated carbocycles. The van der Waals surface area contributed by atoms with Crippen LogP contribution in [0.1, 0.15) is 16.7 Å². The Morgan fingerprint density at radius 1 is 1.17 bits per heavy atom. The van der Waals surface area contributed by atoms with Gasteiger partial charge in [0.2, 0.25) is 5.91 Å². The highest BCUT2D eigenvalue weighted by Gasteiger charge is 2.05. The van der Waals surface area contributed by atoms with Gasteiger partial charge in [-0.3, -0.25) is 14.9 Å². The van der Waals surface area contributed by atoms with Crippen LogP contribution < -0.4 is 5.32 Å². The van der Waals surface area contributed by atoms with Gasteiger partial charge in [0, 0.05) is 24.8 Å². The smallest absolute Gasteiger partial charge is 0.270 e. The lowest BCUT2D eigenvalue weighted by Crippen LogP contribution is -2.21. The molecule has 6 heteroatoms. The Kier molecular flexibility index (Phi) is 5.60. The Bertz CT molecular complexity index is 741. The third-order valence-corrected chi connectivity index (χ3v) is 3.25. The molecule has 0 bridgehead atoms. The number of hydrogen-bond acceptors (Lipinski definition) is 4. The van der Waals surface area contributed by atoms with Gasteiger partial charge in [-0.1, -0.05) is 36.4 Å². The van der Waals surface area contributed by atoms with E-state index < -0.39 is 4.92 Å². The first-order chi connectivity index (χ1) is 11.1. The first-order valence-electron chi connectivity index (χ1n) is 6.98. The second kappa shape index (κ2) is 7.86. The fourth-order valence-electron chi connectivity index (χ4n) is 2.04. The monoisotopic (exact) mass is 312 g/mol. The number of nitrogens with zero attached hydrogens (tertiary/aromatic N) is 1. The van der Waals surface area contributed by atoms with Crippen molar-refractivity contribution in [1.82, 2.24) is 5.32 Å². The minimum Gasteiger partial charge on any atom is -0.392 e. The van der Waals surface area contributed by atoms with Crippen LogP contribution in [0.25, 0.3) is 6.08 Å². The lowest BCUT2D eigenvalue weighted by Gasteiger charge is -2.07. The highest BCUT2D eigenvalue weighted by atomic mass is 16.6. The van der Waals surface area contributed by atoms with Crippen molar-refractivity contribution < 1.29 is 14.8 Å². The van der Waals surface area contributed by atoms with E-state index in [0.29, 0.717) is 12.1 Å². The Morgan fingerprint density at radius 2 is 1.91 bits per heavy atom. The first kappa shape index (κ1) is 16.4. The van der Waals surface area contributed by atoms with Crippen molar-refractivity contribution in [2.24, 2.45) is 0 Å². The summed E-state index contributed by atoms with van der Waals surface area (Å²) in [7, 11) is 0. The van der Waals surface area contributed by atoms with Crippen LogP contribution in [0.5, 0.6) is 0 Å². The van der Waals surface area contributed by atoms with Gasteiger partial charge < -0.3 is 10.4 Å². The molecule has 2 aromatic carbocycles. The summed E-state index contributed by atoms with van der Waals surface area (Å²) in [5.41, 5.74) is 2.15. The number of nitrogens with one attached hydrogen (secondary N) is 1. The van der Waals surface area contributed by atoms with E-state index in [1.807, 2.05) is 18.2 Å². The van der Waals surface area contributed by atoms with E-state index in [2.05, 4.69) is 5.32 Å². The van der Waals surface area contributed by atoms with Gasteiger partial charge in [-0.15, -0.1) is 0 Å². The van der Waals surface area contributed by atoms with Gasteiger partial charge in [0.1, 0.15) is 0 Å². The zero-order valence-corrected chi connectivity index (χ0v) is 12.3. The number of non-ortho nitro benzene ring substituents is 1. The van der Waals surface area contributed by atoms with Crippen molar-refractivity contribution in [1.29, 1.82) is 0 Å². The van der Waals surface area contributed by atoms with Gasteiger partial charge >= 0.3 is 0 Å². The molecule has 0 atom stereocenters. The molecule has 23 heavy (non-hydrogen) atoms. The van der Waals surface area contributed by atoms with E-state index in [9.17, 15) is 20.0 Å². The summed E-state index contributed by atoms with van der Waals surface area (Å²) in [5.74, 6) is -0.316. The van der Waals surface area contributed by atoms with Gasteiger partial charge in [0.25, 0.3) is 5.69 Å². The minimum atomic E-state index is -0.483. The summed E-state index contributed by atoms with van der Waals surface area (Å²) < 4.78 is 0. The molecule has 0 radical (unpaired) electrons. The standard InChI is InChI=1S/C17H16N2O4/c20-12-15-6-2-1-5-14(15)11-18-17(21)9-8-13-4-3-7-16(10-13)19(22)23/h1-10,20H,11-12H2,(H,18,21)/b9-8+. The van der Waals surface area contributed by atoms with E-state index in [4.69, 9.17) is 0 Å². The van der Waals surface area contributed by atoms with Crippen molar-refractivity contribution >= 4 is 17.7 Å². The fraction of sp³-hybridized carbons (Fsp3) is 0.118. The maximum Gasteiger partial charge on any atom is 0.270 e. The molecule has 118 valence electrons. The zero-order chi connectivity index (χ0) is 16.7. The van der Waals surface area contributed by atoms with E-state index in [1.54, 1.807) is 18.2 Å². The minimum absolute atomic E-state index is 0.0237. The van der Waals surface area contributed by atoms with Crippen LogP contribution in [0, 0.1) is 10.1 Å². The molecule has 2 rings (SSSR count). The van der Waals surface area contributed by atoms with Crippen LogP contribution in [0.3, 0.4) is 0 Å². The van der Waals surface area contributed by atoms with E-state index in [1.165, 1.54) is 24.3 Å². The van der Waals surface area contributed by atoms with Gasteiger partial charge in [0.15, 0.2) is 0 Å². The van der Waals surface area contributed by atoms with E-state index in [-0.39, 0.29) is 18.2 Å². The van der Waals surface area contributed by atoms with Crippen LogP contribution in [-0.2, 0) is 17.9 Å². The molecule has 6 nitrogen and oxygen atoms in total. The Labute approximate surface area is 133 Å². The molecule has 2 N–H and O–H groups in total. The average Bonchev–Trinajstić information content (AvgIpc) is 2.58. The van der Waals surface area contributed by atoms with Gasteiger partial charge in [-0.2, -0.15) is 0 Å². The predicted octanol–water partition coefficient (Wildman–Crippen LogP) is 2.42. The topological polar surface area (TPSA) is 92.5 Å². The molecule has 0 aliphatic carbocycles. The van der Waals surface area contributed by atoms with E-state index >= 15 is 0 Å². The summed E-state index contributed by atoms with van der Waals surface area (Å²) in [6.07, 6.45) is 2.83. The third kappa shape index (κ3) is 4.76. The number of hydrogen-bond donors (Lipinski definition) is 2. The van der Waals surface area contributed by atoms with Crippen molar-refractivity contribution in [2.75, 3.05) is 0 Å². The number of aliphatic hydroxyl groups excluding tert-OH is 1. The number of carbonyl (C=O) groups excluding carboxylic acids is 1. The van der Waals surface area contributed by atoms with E-state index in [0.717, 1.165) is 11.1 Å². The summed E-state index contributed by atoms with van der Waals surface area (Å²) in [6.45, 7) is 0.213. The highest BCUT2D eigenvalue weighted by Crippen LogP contribution is 2.14. The van der Waals surface area contributed by atoms with Crippen molar-refractivity contribution in [3.63, 3.8) is 0 Å². The predicted molar refractivity (Wildman–Crippen MR) is 86.3 cm³/mol. The Balaban J connectivity index is 1.97. The van der Waals surface area contributed by atoms with Crippen LogP contribution >= 0.6 is 0 Å². The molecule has 0 fully saturated rings. The molecule has 2 aromatic rings. The molecule has 0 saturated heterocycles. The maximum absolute atomic E-state index is 11.8. The number of carbonyl (C=O) groups is 1. The number of benzene rings is 2. The lowest BCUT2D eigenvalue weighted by molar-refractivity contribution is -0.384. The fourth-order valence-corrected chi connectivity index (χ4v) is 2.04. The van der Waals surface area contributed by atoms with Crippen LogP contribution in [0.15, 0.2) is 54.6 Å². The average molecular weight is 312 g/mol. The quantitative estimate of drug-likeness (QED) is 0.487. The largest absolute Gasteiger partial charge is 0.392 e. The molecule has 1 amide bonds. The van der Waals surface area contributed by atoms with Crippen LogP contribution in [-0.4, -0.2) is 15.9 Å². The zero-order valence-electron chi connectivity index (χ0n) is 12.3. The van der Waals surface area contributed by atoms with Crippen LogP contribution in [0.2, 0.25) is 0 Å². The number of amides is 1. The van der Waals surface area contributed by atoms with Gasteiger partial charge in [-0.25, -0.2) is 0 Å². The van der Waals surface area contributed by atoms with Gasteiger partial charge in [-0.05, 0) is 22.8 Å². The molecule has 0 unspecified atom stereocenters. The number of nitro groups is 1. The molecule has 0 spiro atoms. The second-order valence-corrected chi connectivity index (χ2v) is 4.83. The lowest BCUT2D eigenvalue weighted by atomic mass is 10.1.